The third kappa shape index (κ3) is 3.54. The third-order valence-corrected chi connectivity index (χ3v) is 7.31. The van der Waals surface area contributed by atoms with Gasteiger partial charge in [0.15, 0.2) is 4.80 Å². The molecule has 3 heterocycles. The minimum atomic E-state index is -0.772. The molecule has 0 unspecified atom stereocenters. The lowest BCUT2D eigenvalue weighted by molar-refractivity contribution is -0.139. The van der Waals surface area contributed by atoms with Crippen LogP contribution in [0.5, 0.6) is 0 Å². The number of amides is 2. The molecular weight excluding hydrogens is 478 g/mol. The number of imide groups is 1. The van der Waals surface area contributed by atoms with Crippen LogP contribution in [0.3, 0.4) is 0 Å². The zero-order valence-corrected chi connectivity index (χ0v) is 21.0. The van der Waals surface area contributed by atoms with Crippen molar-refractivity contribution in [2.45, 2.75) is 33.7 Å². The molecule has 0 saturated heterocycles. The molecule has 0 spiro atoms. The largest absolute Gasteiger partial charge is 0.463 e. The number of hydrogen-bond acceptors (Lipinski definition) is 7. The molecule has 182 valence electrons. The van der Waals surface area contributed by atoms with E-state index in [9.17, 15) is 19.2 Å². The van der Waals surface area contributed by atoms with Crippen molar-refractivity contribution < 1.29 is 19.1 Å². The topological polar surface area (TPSA) is 98.0 Å². The number of esters is 1. The number of anilines is 1. The van der Waals surface area contributed by atoms with Crippen molar-refractivity contribution in [1.82, 2.24) is 4.57 Å². The standard InChI is InChI=1S/C27H23N3O5S/c1-5-35-26(34)20-15(3)28-27-30(22(20)17-12-10-14(2)11-13-17)25(33)23(36-27)21-18-8-6-7-9-19(18)29(16(4)31)24(21)32/h6-13,22H,5H2,1-4H3/b23-21-/t22-/m1/s1. The SMILES string of the molecule is CCOC(=O)C1=C(C)N=c2s/c(=C3\C(=O)N(C(C)=O)c4ccccc43)c(=O)n2[C@@H]1c1ccc(C)cc1. The third-order valence-electron chi connectivity index (χ3n) is 6.26. The summed E-state index contributed by atoms with van der Waals surface area (Å²) in [6.07, 6.45) is 0. The summed E-state index contributed by atoms with van der Waals surface area (Å²) < 4.78 is 6.94. The molecule has 2 aliphatic heterocycles. The number of carbonyl (C=O) groups excluding carboxylic acids is 3. The molecular formula is C27H23N3O5S. The van der Waals surface area contributed by atoms with Crippen molar-refractivity contribution in [3.63, 3.8) is 0 Å². The first-order valence-electron chi connectivity index (χ1n) is 11.5. The van der Waals surface area contributed by atoms with Gasteiger partial charge in [-0.1, -0.05) is 59.4 Å². The van der Waals surface area contributed by atoms with Gasteiger partial charge in [-0.2, -0.15) is 0 Å². The van der Waals surface area contributed by atoms with Crippen molar-refractivity contribution in [3.05, 3.63) is 96.2 Å². The predicted octanol–water partition coefficient (Wildman–Crippen LogP) is 2.37. The number of nitrogens with zero attached hydrogens (tertiary/aromatic N) is 3. The summed E-state index contributed by atoms with van der Waals surface area (Å²) in [5, 5.41) is 0. The Kier molecular flexibility index (Phi) is 5.80. The monoisotopic (exact) mass is 501 g/mol. The lowest BCUT2D eigenvalue weighted by Crippen LogP contribution is -2.41. The Hall–Kier alpha value is -4.11. The van der Waals surface area contributed by atoms with Crippen LogP contribution < -0.4 is 19.8 Å². The van der Waals surface area contributed by atoms with Crippen molar-refractivity contribution in [1.29, 1.82) is 0 Å². The minimum absolute atomic E-state index is 0.158. The van der Waals surface area contributed by atoms with E-state index in [4.69, 9.17) is 4.74 Å². The smallest absolute Gasteiger partial charge is 0.338 e. The van der Waals surface area contributed by atoms with Crippen molar-refractivity contribution in [2.75, 3.05) is 11.5 Å². The fourth-order valence-electron chi connectivity index (χ4n) is 4.65. The molecule has 0 aliphatic carbocycles. The number of fused-ring (bicyclic) bond motifs is 2. The molecule has 0 radical (unpaired) electrons. The van der Waals surface area contributed by atoms with E-state index in [1.54, 1.807) is 38.1 Å². The highest BCUT2D eigenvalue weighted by Gasteiger charge is 2.38. The fraction of sp³-hybridized carbons (Fsp3) is 0.222. The second-order valence-electron chi connectivity index (χ2n) is 8.59. The van der Waals surface area contributed by atoms with E-state index in [-0.39, 0.29) is 22.3 Å². The maximum absolute atomic E-state index is 14.0. The Balaban J connectivity index is 1.83. The molecule has 0 N–H and O–H groups in total. The first-order chi connectivity index (χ1) is 17.2. The van der Waals surface area contributed by atoms with Crippen LogP contribution in [-0.4, -0.2) is 29.0 Å². The number of allylic oxidation sites excluding steroid dienone is 1. The second-order valence-corrected chi connectivity index (χ2v) is 9.56. The van der Waals surface area contributed by atoms with Crippen LogP contribution in [0.4, 0.5) is 5.69 Å². The maximum atomic E-state index is 14.0. The first kappa shape index (κ1) is 23.6. The lowest BCUT2D eigenvalue weighted by atomic mass is 9.95. The molecule has 2 amide bonds. The molecule has 1 aromatic heterocycles. The van der Waals surface area contributed by atoms with Crippen LogP contribution in [0.1, 0.15) is 43.5 Å². The van der Waals surface area contributed by atoms with Gasteiger partial charge in [0.05, 0.1) is 35.2 Å². The normalized spacial score (nSPS) is 18.1. The molecule has 2 aromatic carbocycles. The number of benzene rings is 2. The summed E-state index contributed by atoms with van der Waals surface area (Å²) in [6.45, 7) is 6.87. The van der Waals surface area contributed by atoms with Gasteiger partial charge in [0, 0.05) is 12.5 Å². The van der Waals surface area contributed by atoms with Gasteiger partial charge in [-0.05, 0) is 32.4 Å². The number of aryl methyl sites for hydroxylation is 1. The summed E-state index contributed by atoms with van der Waals surface area (Å²) >= 11 is 1.07. The number of ether oxygens (including phenoxy) is 1. The highest BCUT2D eigenvalue weighted by Crippen LogP contribution is 2.35. The molecule has 9 heteroatoms. The molecule has 8 nitrogen and oxygen atoms in total. The van der Waals surface area contributed by atoms with Gasteiger partial charge >= 0.3 is 5.97 Å². The minimum Gasteiger partial charge on any atom is -0.463 e. The summed E-state index contributed by atoms with van der Waals surface area (Å²) in [4.78, 5) is 58.7. The average Bonchev–Trinajstić information content (AvgIpc) is 3.31. The summed E-state index contributed by atoms with van der Waals surface area (Å²) in [5.41, 5.74) is 3.12. The Labute approximate surface area is 210 Å². The van der Waals surface area contributed by atoms with Gasteiger partial charge < -0.3 is 4.74 Å². The van der Waals surface area contributed by atoms with E-state index in [0.717, 1.165) is 27.4 Å². The lowest BCUT2D eigenvalue weighted by Gasteiger charge is -2.24. The summed E-state index contributed by atoms with van der Waals surface area (Å²) in [7, 11) is 0. The van der Waals surface area contributed by atoms with E-state index in [1.807, 2.05) is 31.2 Å². The molecule has 1 atom stereocenters. The molecule has 0 fully saturated rings. The zero-order valence-electron chi connectivity index (χ0n) is 20.2. The zero-order chi connectivity index (χ0) is 25.7. The number of aromatic nitrogens is 1. The van der Waals surface area contributed by atoms with Crippen LogP contribution >= 0.6 is 11.3 Å². The second kappa shape index (κ2) is 8.83. The molecule has 0 bridgehead atoms. The summed E-state index contributed by atoms with van der Waals surface area (Å²) in [5.74, 6) is -1.54. The van der Waals surface area contributed by atoms with Crippen LogP contribution in [0.15, 0.2) is 69.6 Å². The van der Waals surface area contributed by atoms with Crippen LogP contribution in [-0.2, 0) is 19.1 Å². The first-order valence-corrected chi connectivity index (χ1v) is 12.3. The Morgan fingerprint density at radius 1 is 1.06 bits per heavy atom. The van der Waals surface area contributed by atoms with Crippen molar-refractivity contribution in [2.24, 2.45) is 4.99 Å². The number of para-hydroxylation sites is 1. The average molecular weight is 502 g/mol. The van der Waals surface area contributed by atoms with E-state index >= 15 is 0 Å². The molecule has 36 heavy (non-hydrogen) atoms. The van der Waals surface area contributed by atoms with Gasteiger partial charge in [-0.15, -0.1) is 0 Å². The van der Waals surface area contributed by atoms with E-state index in [1.165, 1.54) is 11.5 Å². The summed E-state index contributed by atoms with van der Waals surface area (Å²) in [6, 6.07) is 13.7. The molecule has 5 rings (SSSR count). The molecule has 3 aromatic rings. The van der Waals surface area contributed by atoms with E-state index in [2.05, 4.69) is 4.99 Å². The maximum Gasteiger partial charge on any atom is 0.338 e. The van der Waals surface area contributed by atoms with Crippen molar-refractivity contribution >= 4 is 40.4 Å². The number of hydrogen-bond donors (Lipinski definition) is 0. The molecule has 0 saturated carbocycles. The molecule has 2 aliphatic rings. The van der Waals surface area contributed by atoms with E-state index in [0.29, 0.717) is 21.7 Å². The van der Waals surface area contributed by atoms with Gasteiger partial charge in [-0.25, -0.2) is 14.7 Å². The quantitative estimate of drug-likeness (QED) is 0.514. The Morgan fingerprint density at radius 2 is 1.75 bits per heavy atom. The van der Waals surface area contributed by atoms with Crippen molar-refractivity contribution in [3.8, 4) is 0 Å². The highest BCUT2D eigenvalue weighted by molar-refractivity contribution is 7.07. The Morgan fingerprint density at radius 3 is 2.42 bits per heavy atom. The van der Waals surface area contributed by atoms with Gasteiger partial charge in [0.25, 0.3) is 11.5 Å². The predicted molar refractivity (Wildman–Crippen MR) is 135 cm³/mol. The number of thiazole rings is 1. The Bertz CT molecular complexity index is 1660. The highest BCUT2D eigenvalue weighted by atomic mass is 32.1. The van der Waals surface area contributed by atoms with Crippen LogP contribution in [0, 0.1) is 6.92 Å². The van der Waals surface area contributed by atoms with Gasteiger partial charge in [0.1, 0.15) is 4.53 Å². The van der Waals surface area contributed by atoms with Crippen LogP contribution in [0.25, 0.3) is 5.57 Å². The van der Waals surface area contributed by atoms with Gasteiger partial charge in [-0.3, -0.25) is 19.0 Å². The number of rotatable bonds is 3. The fourth-order valence-corrected chi connectivity index (χ4v) is 5.79. The van der Waals surface area contributed by atoms with Gasteiger partial charge in [0.2, 0.25) is 5.91 Å². The van der Waals surface area contributed by atoms with E-state index < -0.39 is 29.4 Å². The number of carbonyl (C=O) groups is 3. The van der Waals surface area contributed by atoms with Crippen LogP contribution in [0.2, 0.25) is 0 Å².